The van der Waals surface area contributed by atoms with Crippen LogP contribution in [-0.4, -0.2) is 56.8 Å². The third-order valence-corrected chi connectivity index (χ3v) is 6.13. The molecule has 5 rings (SSSR count). The maximum Gasteiger partial charge on any atom is 0.260 e. The van der Waals surface area contributed by atoms with E-state index in [1.807, 2.05) is 17.0 Å². The van der Waals surface area contributed by atoms with Crippen molar-refractivity contribution < 1.29 is 4.79 Å². The van der Waals surface area contributed by atoms with E-state index in [0.717, 1.165) is 48.1 Å². The van der Waals surface area contributed by atoms with Gasteiger partial charge in [-0.05, 0) is 56.7 Å². The molecule has 1 saturated heterocycles. The van der Waals surface area contributed by atoms with Crippen LogP contribution >= 0.6 is 11.6 Å². The molecule has 0 atom stereocenters. The van der Waals surface area contributed by atoms with E-state index >= 15 is 0 Å². The van der Waals surface area contributed by atoms with Gasteiger partial charge in [-0.1, -0.05) is 11.6 Å². The SMILES string of the molecule is CN1CCC(N2Cc3cc4nc(-c5c(Cl)cc[nH]c5=O)[nH]c4cc3C2=O)CC1. The number of halogens is 1. The summed E-state index contributed by atoms with van der Waals surface area (Å²) in [5.74, 6) is 0.489. The summed E-state index contributed by atoms with van der Waals surface area (Å²) >= 11 is 6.19. The molecule has 1 amide bonds. The Morgan fingerprint density at radius 1 is 1.21 bits per heavy atom. The number of likely N-dealkylation sites (tertiary alicyclic amines) is 1. The number of pyridine rings is 1. The second-order valence-corrected chi connectivity index (χ2v) is 8.02. The number of carbonyl (C=O) groups is 1. The highest BCUT2D eigenvalue weighted by atomic mass is 35.5. The average Bonchev–Trinajstić information content (AvgIpc) is 3.21. The van der Waals surface area contributed by atoms with Crippen molar-refractivity contribution in [2.75, 3.05) is 20.1 Å². The predicted octanol–water partition coefficient (Wildman–Crippen LogP) is 2.62. The minimum absolute atomic E-state index is 0.0817. The van der Waals surface area contributed by atoms with Gasteiger partial charge in [0.15, 0.2) is 0 Å². The third kappa shape index (κ3) is 2.73. The topological polar surface area (TPSA) is 85.1 Å². The number of amides is 1. The number of aromatic nitrogens is 3. The molecular formula is C20H20ClN5O2. The zero-order valence-electron chi connectivity index (χ0n) is 15.5. The van der Waals surface area contributed by atoms with Gasteiger partial charge in [0.1, 0.15) is 11.4 Å². The van der Waals surface area contributed by atoms with Gasteiger partial charge in [-0.2, -0.15) is 0 Å². The van der Waals surface area contributed by atoms with Crippen molar-refractivity contribution in [3.8, 4) is 11.4 Å². The molecule has 0 aliphatic carbocycles. The van der Waals surface area contributed by atoms with E-state index in [-0.39, 0.29) is 11.5 Å². The molecule has 0 bridgehead atoms. The first-order valence-electron chi connectivity index (χ1n) is 9.41. The molecule has 2 aromatic heterocycles. The molecule has 8 heteroatoms. The van der Waals surface area contributed by atoms with Crippen LogP contribution in [0, 0.1) is 0 Å². The van der Waals surface area contributed by atoms with Crippen LogP contribution in [0.3, 0.4) is 0 Å². The van der Waals surface area contributed by atoms with E-state index in [4.69, 9.17) is 11.6 Å². The number of aromatic amines is 2. The Hall–Kier alpha value is -2.64. The molecule has 28 heavy (non-hydrogen) atoms. The first-order valence-corrected chi connectivity index (χ1v) is 9.79. The summed E-state index contributed by atoms with van der Waals surface area (Å²) < 4.78 is 0. The maximum atomic E-state index is 13.0. The normalized spacial score (nSPS) is 18.2. The van der Waals surface area contributed by atoms with Crippen LogP contribution in [0.4, 0.5) is 0 Å². The highest BCUT2D eigenvalue weighted by Crippen LogP contribution is 2.32. The first kappa shape index (κ1) is 17.5. The minimum Gasteiger partial charge on any atom is -0.338 e. The van der Waals surface area contributed by atoms with E-state index in [0.29, 0.717) is 29.0 Å². The molecular weight excluding hydrogens is 378 g/mol. The van der Waals surface area contributed by atoms with Crippen LogP contribution in [0.1, 0.15) is 28.8 Å². The second kappa shape index (κ2) is 6.46. The van der Waals surface area contributed by atoms with E-state index in [1.165, 1.54) is 6.20 Å². The van der Waals surface area contributed by atoms with Gasteiger partial charge >= 0.3 is 0 Å². The van der Waals surface area contributed by atoms with Gasteiger partial charge in [0.2, 0.25) is 0 Å². The van der Waals surface area contributed by atoms with Crippen molar-refractivity contribution in [2.24, 2.45) is 0 Å². The summed E-state index contributed by atoms with van der Waals surface area (Å²) in [6.45, 7) is 2.65. The fourth-order valence-corrected chi connectivity index (χ4v) is 4.47. The molecule has 1 aromatic carbocycles. The fraction of sp³-hybridized carbons (Fsp3) is 0.350. The minimum atomic E-state index is -0.302. The first-order chi connectivity index (χ1) is 13.5. The Bertz CT molecular complexity index is 1140. The number of benzene rings is 1. The number of nitrogens with zero attached hydrogens (tertiary/aromatic N) is 3. The molecule has 2 aliphatic rings. The van der Waals surface area contributed by atoms with Gasteiger partial charge in [-0.25, -0.2) is 4.98 Å². The van der Waals surface area contributed by atoms with Gasteiger partial charge < -0.3 is 19.8 Å². The van der Waals surface area contributed by atoms with Crippen molar-refractivity contribution in [3.05, 3.63) is 50.9 Å². The van der Waals surface area contributed by atoms with E-state index in [9.17, 15) is 9.59 Å². The third-order valence-electron chi connectivity index (χ3n) is 5.81. The number of carbonyl (C=O) groups excluding carboxylic acids is 1. The lowest BCUT2D eigenvalue weighted by atomic mass is 10.0. The van der Waals surface area contributed by atoms with Crippen molar-refractivity contribution in [1.29, 1.82) is 0 Å². The number of nitrogens with one attached hydrogen (secondary N) is 2. The molecule has 0 unspecified atom stereocenters. The highest BCUT2D eigenvalue weighted by Gasteiger charge is 2.34. The standard InChI is InChI=1S/C20H20ClN5O2/c1-25-6-3-12(4-7-25)26-10-11-8-15-16(9-13(11)20(26)28)24-18(23-15)17-14(21)2-5-22-19(17)27/h2,5,8-9,12H,3-4,6-7,10H2,1H3,(H,22,27)(H,23,24). The fourth-order valence-electron chi connectivity index (χ4n) is 4.24. The van der Waals surface area contributed by atoms with Crippen molar-refractivity contribution in [3.63, 3.8) is 0 Å². The Balaban J connectivity index is 1.50. The molecule has 2 N–H and O–H groups in total. The molecule has 144 valence electrons. The summed E-state index contributed by atoms with van der Waals surface area (Å²) in [7, 11) is 2.12. The van der Waals surface area contributed by atoms with Crippen molar-refractivity contribution in [1.82, 2.24) is 24.8 Å². The summed E-state index contributed by atoms with van der Waals surface area (Å²) in [6.07, 6.45) is 3.51. The average molecular weight is 398 g/mol. The van der Waals surface area contributed by atoms with Crippen molar-refractivity contribution >= 4 is 28.5 Å². The number of hydrogen-bond donors (Lipinski definition) is 2. The lowest BCUT2D eigenvalue weighted by Gasteiger charge is -2.34. The zero-order valence-corrected chi connectivity index (χ0v) is 16.2. The molecule has 2 aliphatic heterocycles. The Morgan fingerprint density at radius 3 is 2.75 bits per heavy atom. The largest absolute Gasteiger partial charge is 0.338 e. The quantitative estimate of drug-likeness (QED) is 0.696. The van der Waals surface area contributed by atoms with Crippen LogP contribution in [-0.2, 0) is 6.54 Å². The van der Waals surface area contributed by atoms with E-state index in [2.05, 4.69) is 26.9 Å². The van der Waals surface area contributed by atoms with Crippen LogP contribution in [0.15, 0.2) is 29.2 Å². The molecule has 1 fully saturated rings. The zero-order chi connectivity index (χ0) is 19.4. The Kier molecular flexibility index (Phi) is 4.03. The van der Waals surface area contributed by atoms with Gasteiger partial charge in [-0.3, -0.25) is 9.59 Å². The van der Waals surface area contributed by atoms with E-state index in [1.54, 1.807) is 6.07 Å². The van der Waals surface area contributed by atoms with Crippen LogP contribution in [0.5, 0.6) is 0 Å². The van der Waals surface area contributed by atoms with Gasteiger partial charge in [0.05, 0.1) is 16.1 Å². The Labute approximate surface area is 166 Å². The van der Waals surface area contributed by atoms with Crippen LogP contribution in [0.2, 0.25) is 5.02 Å². The van der Waals surface area contributed by atoms with Crippen LogP contribution < -0.4 is 5.56 Å². The second-order valence-electron chi connectivity index (χ2n) is 7.61. The van der Waals surface area contributed by atoms with Gasteiger partial charge in [0, 0.05) is 24.3 Å². The van der Waals surface area contributed by atoms with Crippen LogP contribution in [0.25, 0.3) is 22.4 Å². The summed E-state index contributed by atoms with van der Waals surface area (Å²) in [6, 6.07) is 5.71. The van der Waals surface area contributed by atoms with Gasteiger partial charge in [0.25, 0.3) is 11.5 Å². The lowest BCUT2D eigenvalue weighted by molar-refractivity contribution is 0.0617. The molecule has 0 radical (unpaired) electrons. The molecule has 0 saturated carbocycles. The summed E-state index contributed by atoms with van der Waals surface area (Å²) in [5.41, 5.74) is 3.17. The Morgan fingerprint density at radius 2 is 2.00 bits per heavy atom. The highest BCUT2D eigenvalue weighted by molar-refractivity contribution is 6.33. The molecule has 0 spiro atoms. The van der Waals surface area contributed by atoms with E-state index < -0.39 is 0 Å². The maximum absolute atomic E-state index is 13.0. The number of rotatable bonds is 2. The number of hydrogen-bond acceptors (Lipinski definition) is 4. The molecule has 7 nitrogen and oxygen atoms in total. The number of fused-ring (bicyclic) bond motifs is 2. The smallest absolute Gasteiger partial charge is 0.260 e. The molecule has 4 heterocycles. The van der Waals surface area contributed by atoms with Gasteiger partial charge in [-0.15, -0.1) is 0 Å². The number of H-pyrrole nitrogens is 2. The van der Waals surface area contributed by atoms with Crippen molar-refractivity contribution in [2.45, 2.75) is 25.4 Å². The monoisotopic (exact) mass is 397 g/mol. The summed E-state index contributed by atoms with van der Waals surface area (Å²) in [5, 5.41) is 0.333. The summed E-state index contributed by atoms with van der Waals surface area (Å²) in [4.78, 5) is 39.8. The number of piperidine rings is 1. The molecule has 3 aromatic rings. The predicted molar refractivity (Wildman–Crippen MR) is 108 cm³/mol. The lowest BCUT2D eigenvalue weighted by Crippen LogP contribution is -2.43. The number of imidazole rings is 1.